The molecule has 1 aromatic rings. The lowest BCUT2D eigenvalue weighted by Gasteiger charge is -2.33. The number of ether oxygens (including phenoxy) is 1. The number of rotatable bonds is 5. The monoisotopic (exact) mass is 278 g/mol. The smallest absolute Gasteiger partial charge is 0.123 e. The normalized spacial score (nSPS) is 19.0. The first-order chi connectivity index (χ1) is 9.63. The lowest BCUT2D eigenvalue weighted by molar-refractivity contribution is 0.0695. The van der Waals surface area contributed by atoms with Crippen molar-refractivity contribution in [3.63, 3.8) is 0 Å². The number of aliphatic hydroxyl groups excluding tert-OH is 1. The van der Waals surface area contributed by atoms with Crippen molar-refractivity contribution in [1.29, 1.82) is 0 Å². The number of nitrogens with zero attached hydrogens (tertiary/aromatic N) is 1. The molecular weight excluding hydrogens is 252 g/mol. The fourth-order valence-corrected chi connectivity index (χ4v) is 2.91. The van der Waals surface area contributed by atoms with Crippen LogP contribution in [0.4, 0.5) is 0 Å². The van der Waals surface area contributed by atoms with Crippen LogP contribution in [0.3, 0.4) is 0 Å². The standard InChI is InChI=1S/C16H26N2O2/c1-12(19)14-5-7-18(8-6-14)11-13-3-4-15(10-17)16(9-13)20-2/h3-4,9,12,14,19H,5-8,10-11,17H2,1-2H3. The molecule has 0 saturated carbocycles. The Bertz CT molecular complexity index is 426. The predicted octanol–water partition coefficient (Wildman–Crippen LogP) is 1.75. The molecule has 112 valence electrons. The van der Waals surface area contributed by atoms with Gasteiger partial charge in [-0.2, -0.15) is 0 Å². The average molecular weight is 278 g/mol. The second-order valence-corrected chi connectivity index (χ2v) is 5.70. The van der Waals surface area contributed by atoms with Crippen molar-refractivity contribution in [3.8, 4) is 5.75 Å². The van der Waals surface area contributed by atoms with Gasteiger partial charge in [0.1, 0.15) is 5.75 Å². The topological polar surface area (TPSA) is 58.7 Å². The molecule has 0 aliphatic carbocycles. The van der Waals surface area contributed by atoms with Gasteiger partial charge in [-0.25, -0.2) is 0 Å². The quantitative estimate of drug-likeness (QED) is 0.861. The fraction of sp³-hybridized carbons (Fsp3) is 0.625. The Morgan fingerprint density at radius 2 is 2.10 bits per heavy atom. The van der Waals surface area contributed by atoms with Crippen molar-refractivity contribution in [2.24, 2.45) is 11.7 Å². The third-order valence-electron chi connectivity index (χ3n) is 4.29. The second-order valence-electron chi connectivity index (χ2n) is 5.70. The van der Waals surface area contributed by atoms with Gasteiger partial charge in [-0.3, -0.25) is 4.90 Å². The molecule has 20 heavy (non-hydrogen) atoms. The number of benzene rings is 1. The Kier molecular flexibility index (Phi) is 5.40. The zero-order valence-corrected chi connectivity index (χ0v) is 12.5. The maximum absolute atomic E-state index is 9.63. The number of nitrogens with two attached hydrogens (primary N) is 1. The summed E-state index contributed by atoms with van der Waals surface area (Å²) >= 11 is 0. The molecule has 0 spiro atoms. The van der Waals surface area contributed by atoms with Gasteiger partial charge in [-0.15, -0.1) is 0 Å². The van der Waals surface area contributed by atoms with Gasteiger partial charge in [-0.05, 0) is 50.4 Å². The third kappa shape index (κ3) is 3.72. The van der Waals surface area contributed by atoms with Gasteiger partial charge < -0.3 is 15.6 Å². The summed E-state index contributed by atoms with van der Waals surface area (Å²) < 4.78 is 5.38. The van der Waals surface area contributed by atoms with E-state index < -0.39 is 0 Å². The Balaban J connectivity index is 1.94. The van der Waals surface area contributed by atoms with Crippen LogP contribution in [0.25, 0.3) is 0 Å². The van der Waals surface area contributed by atoms with Crippen molar-refractivity contribution in [2.45, 2.75) is 39.0 Å². The van der Waals surface area contributed by atoms with Gasteiger partial charge in [0.2, 0.25) is 0 Å². The highest BCUT2D eigenvalue weighted by molar-refractivity contribution is 5.37. The van der Waals surface area contributed by atoms with E-state index in [1.54, 1.807) is 7.11 Å². The molecule has 1 saturated heterocycles. The van der Waals surface area contributed by atoms with Crippen LogP contribution in [-0.4, -0.2) is 36.3 Å². The number of methoxy groups -OCH3 is 1. The van der Waals surface area contributed by atoms with E-state index in [2.05, 4.69) is 23.1 Å². The SMILES string of the molecule is COc1cc(CN2CCC(C(C)O)CC2)ccc1CN. The molecule has 3 N–H and O–H groups in total. The van der Waals surface area contributed by atoms with E-state index in [4.69, 9.17) is 10.5 Å². The van der Waals surface area contributed by atoms with Crippen molar-refractivity contribution in [2.75, 3.05) is 20.2 Å². The van der Waals surface area contributed by atoms with Crippen molar-refractivity contribution in [1.82, 2.24) is 4.90 Å². The molecule has 4 heteroatoms. The maximum atomic E-state index is 9.63. The average Bonchev–Trinajstić information content (AvgIpc) is 2.47. The second kappa shape index (κ2) is 7.07. The molecule has 4 nitrogen and oxygen atoms in total. The lowest BCUT2D eigenvalue weighted by atomic mass is 9.92. The van der Waals surface area contributed by atoms with Crippen LogP contribution in [0.15, 0.2) is 18.2 Å². The van der Waals surface area contributed by atoms with E-state index in [9.17, 15) is 5.11 Å². The van der Waals surface area contributed by atoms with Crippen LogP contribution in [0, 0.1) is 5.92 Å². The first-order valence-electron chi connectivity index (χ1n) is 7.40. The van der Waals surface area contributed by atoms with Crippen molar-refractivity contribution < 1.29 is 9.84 Å². The predicted molar refractivity (Wildman–Crippen MR) is 80.6 cm³/mol. The number of hydrogen-bond acceptors (Lipinski definition) is 4. The number of aliphatic hydroxyl groups is 1. The summed E-state index contributed by atoms with van der Waals surface area (Å²) in [6, 6.07) is 6.27. The summed E-state index contributed by atoms with van der Waals surface area (Å²) in [6.07, 6.45) is 1.98. The highest BCUT2D eigenvalue weighted by atomic mass is 16.5. The Labute approximate surface area is 121 Å². The molecule has 2 rings (SSSR count). The number of piperidine rings is 1. The zero-order chi connectivity index (χ0) is 14.5. The molecule has 1 aliphatic rings. The van der Waals surface area contributed by atoms with Gasteiger partial charge in [0.15, 0.2) is 0 Å². The van der Waals surface area contributed by atoms with E-state index in [1.807, 2.05) is 6.92 Å². The van der Waals surface area contributed by atoms with E-state index in [0.29, 0.717) is 12.5 Å². The minimum Gasteiger partial charge on any atom is -0.496 e. The molecule has 0 aromatic heterocycles. The number of hydrogen-bond donors (Lipinski definition) is 2. The van der Waals surface area contributed by atoms with Crippen LogP contribution in [0.2, 0.25) is 0 Å². The minimum absolute atomic E-state index is 0.180. The van der Waals surface area contributed by atoms with Gasteiger partial charge in [-0.1, -0.05) is 12.1 Å². The molecule has 1 atom stereocenters. The Hall–Kier alpha value is -1.10. The Morgan fingerprint density at radius 1 is 1.40 bits per heavy atom. The highest BCUT2D eigenvalue weighted by Crippen LogP contribution is 2.24. The van der Waals surface area contributed by atoms with E-state index in [-0.39, 0.29) is 6.10 Å². The largest absolute Gasteiger partial charge is 0.496 e. The van der Waals surface area contributed by atoms with Crippen molar-refractivity contribution >= 4 is 0 Å². The molecule has 0 bridgehead atoms. The summed E-state index contributed by atoms with van der Waals surface area (Å²) in [7, 11) is 1.69. The first-order valence-corrected chi connectivity index (χ1v) is 7.40. The fourth-order valence-electron chi connectivity index (χ4n) is 2.91. The summed E-state index contributed by atoms with van der Waals surface area (Å²) in [5, 5.41) is 9.63. The van der Waals surface area contributed by atoms with Crippen LogP contribution in [0.5, 0.6) is 5.75 Å². The van der Waals surface area contributed by atoms with Gasteiger partial charge in [0, 0.05) is 18.7 Å². The van der Waals surface area contributed by atoms with Crippen LogP contribution >= 0.6 is 0 Å². The molecular formula is C16H26N2O2. The molecule has 1 heterocycles. The summed E-state index contributed by atoms with van der Waals surface area (Å²) in [5.41, 5.74) is 7.99. The lowest BCUT2D eigenvalue weighted by Crippen LogP contribution is -2.36. The van der Waals surface area contributed by atoms with Crippen LogP contribution < -0.4 is 10.5 Å². The molecule has 1 aliphatic heterocycles. The summed E-state index contributed by atoms with van der Waals surface area (Å²) in [4.78, 5) is 2.44. The Morgan fingerprint density at radius 3 is 2.65 bits per heavy atom. The number of likely N-dealkylation sites (tertiary alicyclic amines) is 1. The van der Waals surface area contributed by atoms with E-state index in [0.717, 1.165) is 43.8 Å². The van der Waals surface area contributed by atoms with E-state index in [1.165, 1.54) is 5.56 Å². The van der Waals surface area contributed by atoms with Gasteiger partial charge in [0.05, 0.1) is 13.2 Å². The van der Waals surface area contributed by atoms with Gasteiger partial charge >= 0.3 is 0 Å². The first kappa shape index (κ1) is 15.3. The molecule has 1 aromatic carbocycles. The summed E-state index contributed by atoms with van der Waals surface area (Å²) in [6.45, 7) is 5.45. The zero-order valence-electron chi connectivity index (χ0n) is 12.5. The third-order valence-corrected chi connectivity index (χ3v) is 4.29. The highest BCUT2D eigenvalue weighted by Gasteiger charge is 2.22. The van der Waals surface area contributed by atoms with Crippen LogP contribution in [0.1, 0.15) is 30.9 Å². The van der Waals surface area contributed by atoms with Gasteiger partial charge in [0.25, 0.3) is 0 Å². The molecule has 1 unspecified atom stereocenters. The molecule has 1 fully saturated rings. The minimum atomic E-state index is -0.180. The van der Waals surface area contributed by atoms with Crippen molar-refractivity contribution in [3.05, 3.63) is 29.3 Å². The molecule has 0 radical (unpaired) electrons. The van der Waals surface area contributed by atoms with Crippen LogP contribution in [-0.2, 0) is 13.1 Å². The van der Waals surface area contributed by atoms with E-state index >= 15 is 0 Å². The summed E-state index contributed by atoms with van der Waals surface area (Å²) in [5.74, 6) is 1.34. The maximum Gasteiger partial charge on any atom is 0.123 e. The molecule has 0 amide bonds.